The number of benzene rings is 5. The second-order valence-electron chi connectivity index (χ2n) is 9.47. The average Bonchev–Trinajstić information content (AvgIpc) is 3.39. The molecule has 5 aromatic carbocycles. The molecular formula is C33H19Br2Cl2N3O3. The zero-order chi connectivity index (χ0) is 30.1. The van der Waals surface area contributed by atoms with Gasteiger partial charge in [0.25, 0.3) is 5.91 Å². The highest BCUT2D eigenvalue weighted by Gasteiger charge is 2.21. The fraction of sp³-hybridized carbons (Fsp3) is 0. The lowest BCUT2D eigenvalue weighted by Crippen LogP contribution is -2.19. The van der Waals surface area contributed by atoms with Crippen LogP contribution in [-0.4, -0.2) is 23.1 Å². The Morgan fingerprint density at radius 3 is 2.42 bits per heavy atom. The maximum Gasteiger partial charge on any atom is 0.345 e. The standard InChI is InChI=1S/C33H19Br2Cl2N3O3/c34-21-14-20(31(26(35)15-21)43-33(42)24-13-11-22(36)16-27(24)37)17-38-40-32(41)30-28(19-7-2-1-3-8-19)25-12-10-18-6-4-5-9-23(18)29(25)39-30/h1-17,39H,(H,40,41). The molecular weight excluding hydrogens is 717 g/mol. The number of aromatic nitrogens is 1. The van der Waals surface area contributed by atoms with E-state index >= 15 is 0 Å². The lowest BCUT2D eigenvalue weighted by atomic mass is 9.99. The Morgan fingerprint density at radius 2 is 1.63 bits per heavy atom. The topological polar surface area (TPSA) is 83.5 Å². The molecule has 0 saturated carbocycles. The van der Waals surface area contributed by atoms with Crippen molar-refractivity contribution in [1.29, 1.82) is 0 Å². The number of carbonyl (C=O) groups is 2. The Labute approximate surface area is 272 Å². The zero-order valence-corrected chi connectivity index (χ0v) is 26.7. The molecule has 1 amide bonds. The molecule has 0 aliphatic heterocycles. The number of carbonyl (C=O) groups excluding carboxylic acids is 2. The first-order valence-electron chi connectivity index (χ1n) is 12.9. The molecule has 43 heavy (non-hydrogen) atoms. The summed E-state index contributed by atoms with van der Waals surface area (Å²) in [5, 5.41) is 7.76. The number of ether oxygens (including phenoxy) is 1. The molecule has 0 aliphatic rings. The van der Waals surface area contributed by atoms with Gasteiger partial charge >= 0.3 is 5.97 Å². The van der Waals surface area contributed by atoms with E-state index in [9.17, 15) is 9.59 Å². The first kappa shape index (κ1) is 29.1. The number of nitrogens with one attached hydrogen (secondary N) is 2. The maximum atomic E-state index is 13.6. The summed E-state index contributed by atoms with van der Waals surface area (Å²) in [6.07, 6.45) is 1.40. The Morgan fingerprint density at radius 1 is 0.860 bits per heavy atom. The van der Waals surface area contributed by atoms with Gasteiger partial charge in [-0.05, 0) is 57.2 Å². The van der Waals surface area contributed by atoms with E-state index in [1.54, 1.807) is 18.2 Å². The number of H-pyrrole nitrogens is 1. The fourth-order valence-electron chi connectivity index (χ4n) is 4.81. The van der Waals surface area contributed by atoms with Crippen molar-refractivity contribution in [3.05, 3.63) is 133 Å². The van der Waals surface area contributed by atoms with Crippen LogP contribution in [0.2, 0.25) is 10.0 Å². The molecule has 6 nitrogen and oxygen atoms in total. The minimum Gasteiger partial charge on any atom is -0.421 e. The SMILES string of the molecule is O=C(Oc1c(Br)cc(Br)cc1C=NNC(=O)c1[nH]c2c(ccc3ccccc32)c1-c1ccccc1)c1ccc(Cl)cc1Cl. The smallest absolute Gasteiger partial charge is 0.345 e. The van der Waals surface area contributed by atoms with Crippen LogP contribution in [0.4, 0.5) is 0 Å². The quantitative estimate of drug-likeness (QED) is 0.0774. The predicted octanol–water partition coefficient (Wildman–Crippen LogP) is 9.80. The third-order valence-corrected chi connectivity index (χ3v) is 8.34. The van der Waals surface area contributed by atoms with E-state index in [0.29, 0.717) is 25.2 Å². The summed E-state index contributed by atoms with van der Waals surface area (Å²) in [6.45, 7) is 0. The summed E-state index contributed by atoms with van der Waals surface area (Å²) in [7, 11) is 0. The second kappa shape index (κ2) is 12.3. The van der Waals surface area contributed by atoms with E-state index in [1.807, 2.05) is 66.7 Å². The number of hydrazone groups is 1. The molecule has 0 unspecified atom stereocenters. The van der Waals surface area contributed by atoms with E-state index in [2.05, 4.69) is 47.4 Å². The molecule has 1 heterocycles. The highest BCUT2D eigenvalue weighted by molar-refractivity contribution is 9.11. The number of rotatable bonds is 6. The second-order valence-corrected chi connectivity index (χ2v) is 12.1. The number of hydrogen-bond donors (Lipinski definition) is 2. The Bertz CT molecular complexity index is 2080. The molecule has 2 N–H and O–H groups in total. The van der Waals surface area contributed by atoms with Gasteiger partial charge < -0.3 is 9.72 Å². The van der Waals surface area contributed by atoms with Gasteiger partial charge in [-0.2, -0.15) is 5.10 Å². The molecule has 1 aromatic heterocycles. The average molecular weight is 736 g/mol. The lowest BCUT2D eigenvalue weighted by Gasteiger charge is -2.11. The fourth-order valence-corrected chi connectivity index (χ4v) is 6.64. The molecule has 0 saturated heterocycles. The summed E-state index contributed by atoms with van der Waals surface area (Å²) in [5.74, 6) is -0.920. The lowest BCUT2D eigenvalue weighted by molar-refractivity contribution is 0.0733. The van der Waals surface area contributed by atoms with Crippen molar-refractivity contribution in [2.75, 3.05) is 0 Å². The molecule has 0 radical (unpaired) electrons. The molecule has 0 aliphatic carbocycles. The van der Waals surface area contributed by atoms with E-state index in [4.69, 9.17) is 27.9 Å². The monoisotopic (exact) mass is 733 g/mol. The van der Waals surface area contributed by atoms with Crippen molar-refractivity contribution in [2.45, 2.75) is 0 Å². The Kier molecular flexibility index (Phi) is 8.36. The van der Waals surface area contributed by atoms with Crippen LogP contribution in [0.1, 0.15) is 26.4 Å². The first-order chi connectivity index (χ1) is 20.8. The van der Waals surface area contributed by atoms with Crippen molar-refractivity contribution >= 4 is 94.8 Å². The number of hydrogen-bond acceptors (Lipinski definition) is 4. The van der Waals surface area contributed by atoms with E-state index < -0.39 is 11.9 Å². The van der Waals surface area contributed by atoms with Crippen LogP contribution in [0, 0.1) is 0 Å². The number of esters is 1. The molecule has 0 fully saturated rings. The number of nitrogens with zero attached hydrogens (tertiary/aromatic N) is 1. The van der Waals surface area contributed by atoms with Crippen molar-refractivity contribution in [3.63, 3.8) is 0 Å². The van der Waals surface area contributed by atoms with Crippen molar-refractivity contribution in [1.82, 2.24) is 10.4 Å². The minimum absolute atomic E-state index is 0.150. The maximum absolute atomic E-state index is 13.6. The van der Waals surface area contributed by atoms with Gasteiger partial charge in [-0.15, -0.1) is 0 Å². The Balaban J connectivity index is 1.33. The summed E-state index contributed by atoms with van der Waals surface area (Å²) in [5.41, 5.74) is 6.09. The highest BCUT2D eigenvalue weighted by Crippen LogP contribution is 2.37. The van der Waals surface area contributed by atoms with Gasteiger partial charge in [0.05, 0.1) is 26.8 Å². The third kappa shape index (κ3) is 5.96. The third-order valence-electron chi connectivity index (χ3n) is 6.74. The van der Waals surface area contributed by atoms with Gasteiger partial charge in [0, 0.05) is 31.4 Å². The molecule has 0 bridgehead atoms. The molecule has 0 spiro atoms. The largest absolute Gasteiger partial charge is 0.421 e. The van der Waals surface area contributed by atoms with Crippen molar-refractivity contribution in [2.24, 2.45) is 5.10 Å². The molecule has 10 heteroatoms. The molecule has 6 aromatic rings. The molecule has 212 valence electrons. The van der Waals surface area contributed by atoms with E-state index in [1.165, 1.54) is 18.3 Å². The summed E-state index contributed by atoms with van der Waals surface area (Å²) in [4.78, 5) is 29.9. The van der Waals surface area contributed by atoms with Crippen LogP contribution in [0.15, 0.2) is 111 Å². The van der Waals surface area contributed by atoms with Crippen molar-refractivity contribution < 1.29 is 14.3 Å². The van der Waals surface area contributed by atoms with E-state index in [-0.39, 0.29) is 16.3 Å². The zero-order valence-electron chi connectivity index (χ0n) is 22.0. The first-order valence-corrected chi connectivity index (χ1v) is 15.2. The van der Waals surface area contributed by atoms with Gasteiger partial charge in [0.1, 0.15) is 5.69 Å². The van der Waals surface area contributed by atoms with Gasteiger partial charge in [0.15, 0.2) is 5.75 Å². The summed E-state index contributed by atoms with van der Waals surface area (Å²) < 4.78 is 6.88. The predicted molar refractivity (Wildman–Crippen MR) is 180 cm³/mol. The number of halogens is 4. The summed E-state index contributed by atoms with van der Waals surface area (Å²) >= 11 is 19.1. The molecule has 6 rings (SSSR count). The van der Waals surface area contributed by atoms with Crippen LogP contribution < -0.4 is 10.2 Å². The van der Waals surface area contributed by atoms with Gasteiger partial charge in [-0.25, -0.2) is 10.2 Å². The van der Waals surface area contributed by atoms with E-state index in [0.717, 1.165) is 32.8 Å². The van der Waals surface area contributed by atoms with Crippen LogP contribution in [0.25, 0.3) is 32.8 Å². The summed E-state index contributed by atoms with van der Waals surface area (Å²) in [6, 6.07) is 29.7. The molecule has 0 atom stereocenters. The number of fused-ring (bicyclic) bond motifs is 3. The van der Waals surface area contributed by atoms with Gasteiger partial charge in [0.2, 0.25) is 0 Å². The normalized spacial score (nSPS) is 11.3. The number of aromatic amines is 1. The Hall–Kier alpha value is -3.95. The minimum atomic E-state index is -0.679. The number of amides is 1. The van der Waals surface area contributed by atoms with Crippen molar-refractivity contribution in [3.8, 4) is 16.9 Å². The van der Waals surface area contributed by atoms with Gasteiger partial charge in [-0.1, -0.05) is 106 Å². The van der Waals surface area contributed by atoms with Crippen LogP contribution >= 0.6 is 55.1 Å². The van der Waals surface area contributed by atoms with Gasteiger partial charge in [-0.3, -0.25) is 4.79 Å². The van der Waals surface area contributed by atoms with Crippen LogP contribution in [0.3, 0.4) is 0 Å². The van der Waals surface area contributed by atoms with Crippen LogP contribution in [-0.2, 0) is 0 Å². The highest BCUT2D eigenvalue weighted by atomic mass is 79.9. The van der Waals surface area contributed by atoms with Crippen LogP contribution in [0.5, 0.6) is 5.75 Å².